The zero-order chi connectivity index (χ0) is 13.7. The van der Waals surface area contributed by atoms with E-state index in [0.717, 1.165) is 17.1 Å². The molecule has 0 bridgehead atoms. The number of hydrogen-bond donors (Lipinski definition) is 0. The number of esters is 1. The summed E-state index contributed by atoms with van der Waals surface area (Å²) in [6.45, 7) is 2.52. The monoisotopic (exact) mass is 277 g/mol. The second-order valence-corrected chi connectivity index (χ2v) is 4.83. The van der Waals surface area contributed by atoms with E-state index >= 15 is 0 Å². The lowest BCUT2D eigenvalue weighted by atomic mass is 10.2. The van der Waals surface area contributed by atoms with E-state index in [1.165, 1.54) is 7.11 Å². The molecule has 1 heterocycles. The molecule has 0 aliphatic rings. The first-order valence-electron chi connectivity index (χ1n) is 5.97. The van der Waals surface area contributed by atoms with Crippen molar-refractivity contribution in [2.75, 3.05) is 7.11 Å². The third-order valence-corrected chi connectivity index (χ3v) is 3.61. The van der Waals surface area contributed by atoms with Crippen LogP contribution < -0.4 is 4.74 Å². The van der Waals surface area contributed by atoms with Gasteiger partial charge in [-0.05, 0) is 30.7 Å². The maximum absolute atomic E-state index is 11.3. The lowest BCUT2D eigenvalue weighted by Gasteiger charge is -2.05. The van der Waals surface area contributed by atoms with E-state index in [1.807, 2.05) is 5.38 Å². The molecule has 0 amide bonds. The molecule has 0 spiro atoms. The lowest BCUT2D eigenvalue weighted by molar-refractivity contribution is 0.0600. The Morgan fingerprint density at radius 2 is 2.05 bits per heavy atom. The summed E-state index contributed by atoms with van der Waals surface area (Å²) in [6.07, 6.45) is 0.943. The molecular weight excluding hydrogens is 262 g/mol. The Labute approximate surface area is 116 Å². The van der Waals surface area contributed by atoms with E-state index < -0.39 is 0 Å². The number of aryl methyl sites for hydroxylation is 1. The van der Waals surface area contributed by atoms with Gasteiger partial charge in [-0.15, -0.1) is 11.3 Å². The van der Waals surface area contributed by atoms with Crippen LogP contribution in [0.1, 0.15) is 28.0 Å². The standard InChI is InChI=1S/C14H15NO3S/c1-3-13-15-11(9-19-13)8-18-12-6-4-10(5-7-12)14(16)17-2/h4-7,9H,3,8H2,1-2H3. The third kappa shape index (κ3) is 3.54. The highest BCUT2D eigenvalue weighted by Crippen LogP contribution is 2.16. The molecule has 0 unspecified atom stereocenters. The van der Waals surface area contributed by atoms with E-state index in [1.54, 1.807) is 35.6 Å². The molecule has 0 saturated carbocycles. The maximum Gasteiger partial charge on any atom is 0.337 e. The number of hydrogen-bond acceptors (Lipinski definition) is 5. The topological polar surface area (TPSA) is 48.4 Å². The fourth-order valence-electron chi connectivity index (χ4n) is 1.54. The van der Waals surface area contributed by atoms with Gasteiger partial charge in [0.1, 0.15) is 12.4 Å². The van der Waals surface area contributed by atoms with E-state index in [2.05, 4.69) is 16.6 Å². The van der Waals surface area contributed by atoms with Crippen LogP contribution in [0.3, 0.4) is 0 Å². The number of carbonyl (C=O) groups is 1. The molecule has 0 saturated heterocycles. The summed E-state index contributed by atoms with van der Waals surface area (Å²) in [5.41, 5.74) is 1.44. The van der Waals surface area contributed by atoms with Gasteiger partial charge in [0, 0.05) is 5.38 Å². The van der Waals surface area contributed by atoms with Gasteiger partial charge in [-0.25, -0.2) is 9.78 Å². The summed E-state index contributed by atoms with van der Waals surface area (Å²) in [6, 6.07) is 6.86. The normalized spacial score (nSPS) is 10.2. The number of rotatable bonds is 5. The largest absolute Gasteiger partial charge is 0.487 e. The summed E-state index contributed by atoms with van der Waals surface area (Å²) >= 11 is 1.64. The van der Waals surface area contributed by atoms with Gasteiger partial charge in [-0.2, -0.15) is 0 Å². The first-order chi connectivity index (χ1) is 9.22. The van der Waals surface area contributed by atoms with Crippen LogP contribution in [0.25, 0.3) is 0 Å². The minimum atomic E-state index is -0.348. The van der Waals surface area contributed by atoms with Crippen LogP contribution in [0.5, 0.6) is 5.75 Å². The van der Waals surface area contributed by atoms with Gasteiger partial charge in [0.25, 0.3) is 0 Å². The number of benzene rings is 1. The fraction of sp³-hybridized carbons (Fsp3) is 0.286. The Balaban J connectivity index is 1.94. The molecule has 1 aromatic heterocycles. The highest BCUT2D eigenvalue weighted by Gasteiger charge is 2.05. The lowest BCUT2D eigenvalue weighted by Crippen LogP contribution is -2.01. The number of thiazole rings is 1. The van der Waals surface area contributed by atoms with Gasteiger partial charge in [-0.1, -0.05) is 6.92 Å². The van der Waals surface area contributed by atoms with Crippen molar-refractivity contribution in [3.05, 3.63) is 45.9 Å². The summed E-state index contributed by atoms with van der Waals surface area (Å²) < 4.78 is 10.2. The number of ether oxygens (including phenoxy) is 2. The van der Waals surface area contributed by atoms with Crippen molar-refractivity contribution in [3.8, 4) is 5.75 Å². The Kier molecular flexibility index (Phi) is 4.52. The van der Waals surface area contributed by atoms with Gasteiger partial charge in [0.2, 0.25) is 0 Å². The Hall–Kier alpha value is -1.88. The molecule has 2 aromatic rings. The number of aromatic nitrogens is 1. The first-order valence-corrected chi connectivity index (χ1v) is 6.85. The van der Waals surface area contributed by atoms with Crippen LogP contribution in [0.4, 0.5) is 0 Å². The molecule has 2 rings (SSSR count). The third-order valence-electron chi connectivity index (χ3n) is 2.56. The van der Waals surface area contributed by atoms with Crippen molar-refractivity contribution in [1.29, 1.82) is 0 Å². The van der Waals surface area contributed by atoms with Crippen molar-refractivity contribution < 1.29 is 14.3 Å². The van der Waals surface area contributed by atoms with Crippen LogP contribution in [-0.2, 0) is 17.8 Å². The predicted octanol–water partition coefficient (Wildman–Crippen LogP) is 3.07. The van der Waals surface area contributed by atoms with E-state index in [4.69, 9.17) is 4.74 Å². The number of nitrogens with zero attached hydrogens (tertiary/aromatic N) is 1. The van der Waals surface area contributed by atoms with Gasteiger partial charge >= 0.3 is 5.97 Å². The van der Waals surface area contributed by atoms with Crippen molar-refractivity contribution in [3.63, 3.8) is 0 Å². The SMILES string of the molecule is CCc1nc(COc2ccc(C(=O)OC)cc2)cs1. The molecule has 0 fully saturated rings. The second kappa shape index (κ2) is 6.33. The average molecular weight is 277 g/mol. The predicted molar refractivity (Wildman–Crippen MR) is 73.6 cm³/mol. The number of carbonyl (C=O) groups excluding carboxylic acids is 1. The van der Waals surface area contributed by atoms with Crippen LogP contribution in [0.2, 0.25) is 0 Å². The fourth-order valence-corrected chi connectivity index (χ4v) is 2.27. The quantitative estimate of drug-likeness (QED) is 0.788. The summed E-state index contributed by atoms with van der Waals surface area (Å²) in [5.74, 6) is 0.359. The van der Waals surface area contributed by atoms with Gasteiger partial charge < -0.3 is 9.47 Å². The van der Waals surface area contributed by atoms with Gasteiger partial charge in [0.05, 0.1) is 23.4 Å². The molecule has 0 atom stereocenters. The van der Waals surface area contributed by atoms with Crippen LogP contribution in [0, 0.1) is 0 Å². The molecule has 0 aliphatic carbocycles. The summed E-state index contributed by atoms with van der Waals surface area (Å²) in [4.78, 5) is 15.7. The molecule has 100 valence electrons. The molecular formula is C14H15NO3S. The Morgan fingerprint density at radius 1 is 1.32 bits per heavy atom. The Bertz CT molecular complexity index is 548. The molecule has 5 heteroatoms. The highest BCUT2D eigenvalue weighted by atomic mass is 32.1. The van der Waals surface area contributed by atoms with E-state index in [-0.39, 0.29) is 5.97 Å². The van der Waals surface area contributed by atoms with E-state index in [9.17, 15) is 4.79 Å². The molecule has 0 radical (unpaired) electrons. The van der Waals surface area contributed by atoms with Gasteiger partial charge in [-0.3, -0.25) is 0 Å². The molecule has 0 N–H and O–H groups in total. The molecule has 1 aromatic carbocycles. The minimum absolute atomic E-state index is 0.348. The van der Waals surface area contributed by atoms with Gasteiger partial charge in [0.15, 0.2) is 0 Å². The van der Waals surface area contributed by atoms with E-state index in [0.29, 0.717) is 17.9 Å². The molecule has 19 heavy (non-hydrogen) atoms. The molecule has 4 nitrogen and oxygen atoms in total. The van der Waals surface area contributed by atoms with Crippen molar-refractivity contribution in [1.82, 2.24) is 4.98 Å². The second-order valence-electron chi connectivity index (χ2n) is 3.89. The van der Waals surface area contributed by atoms with Crippen molar-refractivity contribution in [2.45, 2.75) is 20.0 Å². The van der Waals surface area contributed by atoms with Crippen LogP contribution in [0.15, 0.2) is 29.6 Å². The number of methoxy groups -OCH3 is 1. The zero-order valence-corrected chi connectivity index (χ0v) is 11.7. The first kappa shape index (κ1) is 13.5. The highest BCUT2D eigenvalue weighted by molar-refractivity contribution is 7.09. The summed E-state index contributed by atoms with van der Waals surface area (Å²) in [7, 11) is 1.36. The maximum atomic E-state index is 11.3. The van der Waals surface area contributed by atoms with Crippen molar-refractivity contribution in [2.24, 2.45) is 0 Å². The average Bonchev–Trinajstić information content (AvgIpc) is 2.93. The smallest absolute Gasteiger partial charge is 0.337 e. The Morgan fingerprint density at radius 3 is 2.63 bits per heavy atom. The van der Waals surface area contributed by atoms with Crippen LogP contribution >= 0.6 is 11.3 Å². The van der Waals surface area contributed by atoms with Crippen molar-refractivity contribution >= 4 is 17.3 Å². The molecule has 0 aliphatic heterocycles. The minimum Gasteiger partial charge on any atom is -0.487 e. The van der Waals surface area contributed by atoms with Crippen LogP contribution in [-0.4, -0.2) is 18.1 Å². The summed E-state index contributed by atoms with van der Waals surface area (Å²) in [5, 5.41) is 3.11. The zero-order valence-electron chi connectivity index (χ0n) is 10.9.